The number of aldehydes is 1. The monoisotopic (exact) mass is 731 g/mol. The summed E-state index contributed by atoms with van der Waals surface area (Å²) in [4.78, 5) is 42.3. The standard InChI is InChI=1S/C23H29N5O4.C4F6O2.C2HF3O/c24-9-12-30-19-8-7-18(21(25)26)15-20(19)31-13-14-32-23(29)17-5-3-16(4-6-17)22(27)28-10-1-2-11-28;5-3(6,7)1(11)2(12)4(8,9)10;3-2(4,5)1-6/h3-8,15,27H,1-2,9-14,24H2,(H3,25,26);;1H. The van der Waals surface area contributed by atoms with Crippen LogP contribution in [-0.4, -0.2) is 98.4 Å². The van der Waals surface area contributed by atoms with Crippen LogP contribution in [0.2, 0.25) is 0 Å². The molecule has 0 aromatic heterocycles. The number of nitrogens with one attached hydrogen (secondary N) is 2. The van der Waals surface area contributed by atoms with Gasteiger partial charge in [0.15, 0.2) is 11.5 Å². The van der Waals surface area contributed by atoms with Crippen LogP contribution in [-0.2, 0) is 19.1 Å². The number of ketones is 2. The number of ether oxygens (including phenoxy) is 3. The Kier molecular flexibility index (Phi) is 16.4. The number of nitrogen functional groups attached to an aromatic ring is 1. The molecule has 2 aromatic carbocycles. The summed E-state index contributed by atoms with van der Waals surface area (Å²) in [6.07, 6.45) is -15.0. The Bertz CT molecular complexity index is 1470. The van der Waals surface area contributed by atoms with Gasteiger partial charge in [-0.05, 0) is 43.2 Å². The smallest absolute Gasteiger partial charge is 0.458 e. The van der Waals surface area contributed by atoms with Crippen molar-refractivity contribution in [3.63, 3.8) is 0 Å². The second kappa shape index (κ2) is 19.1. The Hall–Kier alpha value is -5.21. The number of hydrogen-bond donors (Lipinski definition) is 4. The number of amidine groups is 2. The van der Waals surface area contributed by atoms with E-state index in [1.165, 1.54) is 0 Å². The summed E-state index contributed by atoms with van der Waals surface area (Å²) in [5.74, 6) is -6.02. The Labute approximate surface area is 277 Å². The van der Waals surface area contributed by atoms with Crippen molar-refractivity contribution in [2.45, 2.75) is 31.4 Å². The molecule has 0 amide bonds. The van der Waals surface area contributed by atoms with Gasteiger partial charge in [0.2, 0.25) is 6.29 Å². The molecule has 0 unspecified atom stereocenters. The van der Waals surface area contributed by atoms with Crippen molar-refractivity contribution in [1.82, 2.24) is 4.90 Å². The quantitative estimate of drug-likeness (QED) is 0.0499. The van der Waals surface area contributed by atoms with Crippen LogP contribution in [0.4, 0.5) is 39.5 Å². The van der Waals surface area contributed by atoms with Crippen LogP contribution in [0.5, 0.6) is 11.5 Å². The van der Waals surface area contributed by atoms with Crippen LogP contribution in [0.3, 0.4) is 0 Å². The molecule has 1 aliphatic heterocycles. The topological polar surface area (TPSA) is 199 Å². The van der Waals surface area contributed by atoms with Crippen molar-refractivity contribution in [3.05, 3.63) is 59.2 Å². The highest BCUT2D eigenvalue weighted by Gasteiger charge is 2.54. The third-order valence-corrected chi connectivity index (χ3v) is 5.88. The van der Waals surface area contributed by atoms with E-state index in [2.05, 4.69) is 0 Å². The number of rotatable bonds is 11. The minimum Gasteiger partial charge on any atom is -0.488 e. The van der Waals surface area contributed by atoms with Gasteiger partial charge in [0, 0.05) is 30.8 Å². The number of nitrogens with zero attached hydrogens (tertiary/aromatic N) is 1. The van der Waals surface area contributed by atoms with Gasteiger partial charge < -0.3 is 30.6 Å². The predicted octanol–water partition coefficient (Wildman–Crippen LogP) is 3.96. The van der Waals surface area contributed by atoms with E-state index in [-0.39, 0.29) is 19.0 Å². The van der Waals surface area contributed by atoms with Crippen molar-refractivity contribution in [3.8, 4) is 11.5 Å². The lowest BCUT2D eigenvalue weighted by Crippen LogP contribution is -2.39. The summed E-state index contributed by atoms with van der Waals surface area (Å²) in [6, 6.07) is 11.8. The molecule has 0 saturated carbocycles. The number of alkyl halides is 9. The molecular formula is C29H30F9N5O7. The van der Waals surface area contributed by atoms with E-state index in [4.69, 9.17) is 41.3 Å². The highest BCUT2D eigenvalue weighted by Crippen LogP contribution is 2.28. The summed E-state index contributed by atoms with van der Waals surface area (Å²) in [7, 11) is 0. The molecule has 2 aromatic rings. The lowest BCUT2D eigenvalue weighted by Gasteiger charge is -2.18. The maximum atomic E-state index is 12.3. The molecule has 1 saturated heterocycles. The number of halogens is 9. The van der Waals surface area contributed by atoms with Gasteiger partial charge in [0.25, 0.3) is 0 Å². The number of Topliss-reactive ketones (excluding diaryl/α,β-unsaturated/α-hetero) is 2. The third kappa shape index (κ3) is 14.9. The fraction of sp³-hybridized carbons (Fsp3) is 0.379. The molecule has 0 atom stereocenters. The van der Waals surface area contributed by atoms with Gasteiger partial charge in [-0.2, -0.15) is 39.5 Å². The van der Waals surface area contributed by atoms with Crippen LogP contribution in [0.25, 0.3) is 0 Å². The number of hydrogen-bond acceptors (Lipinski definition) is 10. The average Bonchev–Trinajstić information content (AvgIpc) is 3.59. The molecule has 12 nitrogen and oxygen atoms in total. The highest BCUT2D eigenvalue weighted by molar-refractivity contribution is 6.41. The zero-order valence-corrected chi connectivity index (χ0v) is 25.6. The first kappa shape index (κ1) is 42.8. The molecular weight excluding hydrogens is 701 g/mol. The van der Waals surface area contributed by atoms with Crippen molar-refractivity contribution in [2.75, 3.05) is 39.5 Å². The Morgan fingerprint density at radius 3 is 1.64 bits per heavy atom. The first-order valence-corrected chi connectivity index (χ1v) is 13.9. The molecule has 3 rings (SSSR count). The molecule has 50 heavy (non-hydrogen) atoms. The van der Waals surface area contributed by atoms with Gasteiger partial charge in [0.1, 0.15) is 31.5 Å². The molecule has 276 valence electrons. The SMILES string of the molecule is N=C(N)c1ccc(OCCN)c(OCCOC(=O)c2ccc(C(=N)N3CCCC3)cc2)c1.O=C(C(=O)C(F)(F)F)C(F)(F)F.O=CC(F)(F)F. The summed E-state index contributed by atoms with van der Waals surface area (Å²) in [5.41, 5.74) is 12.7. The third-order valence-electron chi connectivity index (χ3n) is 5.88. The first-order valence-electron chi connectivity index (χ1n) is 13.9. The summed E-state index contributed by atoms with van der Waals surface area (Å²) in [6.45, 7) is 2.60. The maximum absolute atomic E-state index is 12.3. The van der Waals surface area contributed by atoms with Crippen molar-refractivity contribution >= 4 is 35.5 Å². The number of nitrogens with two attached hydrogens (primary N) is 2. The first-order chi connectivity index (χ1) is 23.1. The zero-order chi connectivity index (χ0) is 38.3. The number of carbonyl (C=O) groups is 4. The normalized spacial score (nSPS) is 12.7. The fourth-order valence-corrected chi connectivity index (χ4v) is 3.59. The average molecular weight is 732 g/mol. The molecule has 1 heterocycles. The van der Waals surface area contributed by atoms with Crippen LogP contribution >= 0.6 is 0 Å². The van der Waals surface area contributed by atoms with Gasteiger partial charge in [-0.3, -0.25) is 25.2 Å². The van der Waals surface area contributed by atoms with Gasteiger partial charge in [-0.1, -0.05) is 12.1 Å². The van der Waals surface area contributed by atoms with E-state index in [1.807, 2.05) is 4.90 Å². The van der Waals surface area contributed by atoms with Crippen LogP contribution in [0.1, 0.15) is 34.3 Å². The fourth-order valence-electron chi connectivity index (χ4n) is 3.59. The molecule has 0 aliphatic carbocycles. The number of benzene rings is 2. The molecule has 0 spiro atoms. The lowest BCUT2D eigenvalue weighted by atomic mass is 10.1. The second-order valence-corrected chi connectivity index (χ2v) is 9.63. The predicted molar refractivity (Wildman–Crippen MR) is 156 cm³/mol. The Morgan fingerprint density at radius 1 is 0.740 bits per heavy atom. The van der Waals surface area contributed by atoms with E-state index >= 15 is 0 Å². The molecule has 21 heteroatoms. The van der Waals surface area contributed by atoms with Crippen LogP contribution in [0.15, 0.2) is 42.5 Å². The van der Waals surface area contributed by atoms with E-state index in [9.17, 15) is 53.9 Å². The second-order valence-electron chi connectivity index (χ2n) is 9.63. The molecule has 6 N–H and O–H groups in total. The molecule has 0 radical (unpaired) electrons. The largest absolute Gasteiger partial charge is 0.488 e. The summed E-state index contributed by atoms with van der Waals surface area (Å²) >= 11 is 0. The van der Waals surface area contributed by atoms with Crippen molar-refractivity contribution in [2.24, 2.45) is 11.5 Å². The van der Waals surface area contributed by atoms with Gasteiger partial charge in [-0.15, -0.1) is 0 Å². The number of likely N-dealkylation sites (tertiary alicyclic amines) is 1. The van der Waals surface area contributed by atoms with Crippen LogP contribution < -0.4 is 20.9 Å². The molecule has 1 fully saturated rings. The van der Waals surface area contributed by atoms with E-state index < -0.39 is 42.4 Å². The van der Waals surface area contributed by atoms with Crippen LogP contribution in [0, 0.1) is 10.8 Å². The minimum atomic E-state index is -5.77. The molecule has 0 bridgehead atoms. The maximum Gasteiger partial charge on any atom is 0.458 e. The minimum absolute atomic E-state index is 0.0325. The van der Waals surface area contributed by atoms with E-state index in [1.54, 1.807) is 42.5 Å². The zero-order valence-electron chi connectivity index (χ0n) is 25.6. The lowest BCUT2D eigenvalue weighted by molar-refractivity contribution is -0.193. The summed E-state index contributed by atoms with van der Waals surface area (Å²) < 4.78 is 115. The van der Waals surface area contributed by atoms with Gasteiger partial charge in [-0.25, -0.2) is 4.79 Å². The van der Waals surface area contributed by atoms with Crippen molar-refractivity contribution < 1.29 is 72.9 Å². The molecule has 1 aliphatic rings. The van der Waals surface area contributed by atoms with Gasteiger partial charge >= 0.3 is 36.1 Å². The Morgan fingerprint density at radius 2 is 1.20 bits per heavy atom. The van der Waals surface area contributed by atoms with E-state index in [0.717, 1.165) is 31.5 Å². The van der Waals surface area contributed by atoms with E-state index in [0.29, 0.717) is 41.6 Å². The number of esters is 1. The van der Waals surface area contributed by atoms with Gasteiger partial charge in [0.05, 0.1) is 5.56 Å². The summed E-state index contributed by atoms with van der Waals surface area (Å²) in [5, 5.41) is 15.8. The number of carbonyl (C=O) groups excluding carboxylic acids is 4. The highest BCUT2D eigenvalue weighted by atomic mass is 19.4. The Balaban J connectivity index is 0.000000573. The van der Waals surface area contributed by atoms with Crippen molar-refractivity contribution in [1.29, 1.82) is 10.8 Å².